The predicted octanol–water partition coefficient (Wildman–Crippen LogP) is 4.79. The Labute approximate surface area is 174 Å². The zero-order valence-electron chi connectivity index (χ0n) is 15.0. The molecule has 0 saturated heterocycles. The Morgan fingerprint density at radius 2 is 1.47 bits per heavy atom. The van der Waals surface area contributed by atoms with Crippen LogP contribution in [0.2, 0.25) is 0 Å². The predicted molar refractivity (Wildman–Crippen MR) is 96.7 cm³/mol. The summed E-state index contributed by atoms with van der Waals surface area (Å²) in [6.45, 7) is -3.51. The van der Waals surface area contributed by atoms with Gasteiger partial charge in [0.25, 0.3) is 0 Å². The van der Waals surface area contributed by atoms with Gasteiger partial charge >= 0.3 is 18.4 Å². The van der Waals surface area contributed by atoms with E-state index in [2.05, 4.69) is 40.7 Å². The summed E-state index contributed by atoms with van der Waals surface area (Å²) in [5.74, 6) is -1.99. The Bertz CT molecular complexity index is 841. The molecule has 0 saturated carbocycles. The molecule has 0 aliphatic rings. The van der Waals surface area contributed by atoms with Crippen molar-refractivity contribution in [2.45, 2.75) is 12.4 Å². The van der Waals surface area contributed by atoms with E-state index < -0.39 is 49.3 Å². The van der Waals surface area contributed by atoms with Gasteiger partial charge < -0.3 is 14.8 Å². The number of hydrogen-bond acceptors (Lipinski definition) is 5. The lowest BCUT2D eigenvalue weighted by Gasteiger charge is -2.18. The molecule has 0 aliphatic heterocycles. The molecule has 0 bridgehead atoms. The van der Waals surface area contributed by atoms with Gasteiger partial charge in [0.1, 0.15) is 0 Å². The Kier molecular flexibility index (Phi) is 7.34. The topological polar surface area (TPSA) is 76.6 Å². The fraction of sp³-hybridized carbons (Fsp3) is 0.312. The highest BCUT2D eigenvalue weighted by Crippen LogP contribution is 2.25. The average molecular weight is 503 g/mol. The van der Waals surface area contributed by atoms with E-state index in [4.69, 9.17) is 0 Å². The first kappa shape index (κ1) is 23.5. The van der Waals surface area contributed by atoms with Gasteiger partial charge in [0.15, 0.2) is 13.2 Å². The molecule has 0 atom stereocenters. The fourth-order valence-corrected chi connectivity index (χ4v) is 2.10. The van der Waals surface area contributed by atoms with Crippen molar-refractivity contribution in [3.63, 3.8) is 0 Å². The number of rotatable bonds is 6. The average Bonchev–Trinajstić information content (AvgIpc) is 2.64. The van der Waals surface area contributed by atoms with Crippen molar-refractivity contribution in [1.82, 2.24) is 9.97 Å². The summed E-state index contributed by atoms with van der Waals surface area (Å²) in [5, 5.41) is 2.46. The number of ether oxygens (including phenoxy) is 2. The first-order chi connectivity index (χ1) is 13.8. The number of nitrogens with one attached hydrogen (secondary N) is 1. The number of benzene rings is 1. The second-order valence-corrected chi connectivity index (χ2v) is 6.56. The number of anilines is 2. The Balaban J connectivity index is 2.23. The Hall–Kier alpha value is -2.77. The molecule has 2 rings (SSSR count). The van der Waals surface area contributed by atoms with E-state index in [-0.39, 0.29) is 0 Å². The summed E-state index contributed by atoms with van der Waals surface area (Å²) in [4.78, 5) is 20.3. The second-order valence-electron chi connectivity index (χ2n) is 5.65. The molecule has 30 heavy (non-hydrogen) atoms. The SMILES string of the molecule is CN(C(=O)Nc1ccc(Br)cc1)c1nc(OCC(F)(F)F)cc(OCC(F)(F)F)n1. The van der Waals surface area contributed by atoms with Crippen LogP contribution in [0.5, 0.6) is 11.8 Å². The summed E-state index contributed by atoms with van der Waals surface area (Å²) in [6.07, 6.45) is -9.44. The first-order valence-electron chi connectivity index (χ1n) is 7.91. The van der Waals surface area contributed by atoms with Crippen LogP contribution in [0.15, 0.2) is 34.8 Å². The molecule has 1 heterocycles. The summed E-state index contributed by atoms with van der Waals surface area (Å²) in [5.41, 5.74) is 0.369. The van der Waals surface area contributed by atoms with Gasteiger partial charge in [-0.15, -0.1) is 0 Å². The Morgan fingerprint density at radius 3 is 1.90 bits per heavy atom. The minimum atomic E-state index is -4.72. The van der Waals surface area contributed by atoms with Crippen molar-refractivity contribution < 1.29 is 40.6 Å². The van der Waals surface area contributed by atoms with Gasteiger partial charge in [0.2, 0.25) is 17.7 Å². The van der Waals surface area contributed by atoms with Crippen LogP contribution < -0.4 is 19.7 Å². The van der Waals surface area contributed by atoms with E-state index in [9.17, 15) is 31.1 Å². The van der Waals surface area contributed by atoms with Crippen LogP contribution in [-0.2, 0) is 0 Å². The number of aromatic nitrogens is 2. The van der Waals surface area contributed by atoms with Crippen molar-refractivity contribution in [1.29, 1.82) is 0 Å². The lowest BCUT2D eigenvalue weighted by atomic mass is 10.3. The van der Waals surface area contributed by atoms with E-state index in [1.165, 1.54) is 0 Å². The number of alkyl halides is 6. The number of amides is 2. The van der Waals surface area contributed by atoms with Gasteiger partial charge in [-0.05, 0) is 24.3 Å². The third-order valence-corrected chi connectivity index (χ3v) is 3.66. The first-order valence-corrected chi connectivity index (χ1v) is 8.70. The van der Waals surface area contributed by atoms with Crippen LogP contribution in [0, 0.1) is 0 Å². The fourth-order valence-electron chi connectivity index (χ4n) is 1.83. The molecular formula is C16H13BrF6N4O3. The van der Waals surface area contributed by atoms with Crippen LogP contribution in [0.25, 0.3) is 0 Å². The third kappa shape index (κ3) is 7.93. The normalized spacial score (nSPS) is 11.7. The van der Waals surface area contributed by atoms with Crippen molar-refractivity contribution in [2.75, 3.05) is 30.5 Å². The number of carbonyl (C=O) groups excluding carboxylic acids is 1. The number of halogens is 7. The maximum Gasteiger partial charge on any atom is 0.422 e. The van der Waals surface area contributed by atoms with Gasteiger partial charge in [-0.3, -0.25) is 4.90 Å². The van der Waals surface area contributed by atoms with Gasteiger partial charge in [-0.25, -0.2) is 4.79 Å². The third-order valence-electron chi connectivity index (χ3n) is 3.13. The van der Waals surface area contributed by atoms with E-state index in [0.717, 1.165) is 16.4 Å². The summed E-state index contributed by atoms with van der Waals surface area (Å²) < 4.78 is 83.9. The molecule has 164 valence electrons. The van der Waals surface area contributed by atoms with Crippen molar-refractivity contribution >= 4 is 33.6 Å². The van der Waals surface area contributed by atoms with Gasteiger partial charge in [-0.2, -0.15) is 36.3 Å². The second kappa shape index (κ2) is 9.36. The van der Waals surface area contributed by atoms with Gasteiger partial charge in [-0.1, -0.05) is 15.9 Å². The van der Waals surface area contributed by atoms with Crippen LogP contribution in [-0.4, -0.2) is 48.6 Å². The lowest BCUT2D eigenvalue weighted by molar-refractivity contribution is -0.154. The van der Waals surface area contributed by atoms with Gasteiger partial charge in [0.05, 0.1) is 6.07 Å². The summed E-state index contributed by atoms with van der Waals surface area (Å²) >= 11 is 3.22. The van der Waals surface area contributed by atoms with Crippen LogP contribution in [0.1, 0.15) is 0 Å². The molecule has 0 radical (unpaired) electrons. The maximum atomic E-state index is 12.4. The summed E-state index contributed by atoms with van der Waals surface area (Å²) in [7, 11) is 1.16. The molecule has 14 heteroatoms. The standard InChI is InChI=1S/C16H13BrF6N4O3/c1-27(14(28)24-10-4-2-9(17)3-5-10)13-25-11(29-7-15(18,19)20)6-12(26-13)30-8-16(21,22)23/h2-6H,7-8H2,1H3,(H,24,28). The number of urea groups is 1. The molecule has 0 unspecified atom stereocenters. The monoisotopic (exact) mass is 502 g/mol. The van der Waals surface area contributed by atoms with E-state index in [0.29, 0.717) is 11.8 Å². The molecule has 0 aliphatic carbocycles. The highest BCUT2D eigenvalue weighted by Gasteiger charge is 2.31. The molecule has 0 fully saturated rings. The molecule has 1 aromatic heterocycles. The number of hydrogen-bond donors (Lipinski definition) is 1. The largest absolute Gasteiger partial charge is 0.468 e. The number of nitrogens with zero attached hydrogens (tertiary/aromatic N) is 3. The van der Waals surface area contributed by atoms with E-state index >= 15 is 0 Å². The van der Waals surface area contributed by atoms with Crippen LogP contribution in [0.3, 0.4) is 0 Å². The summed E-state index contributed by atoms with van der Waals surface area (Å²) in [6, 6.07) is 6.23. The molecule has 2 aromatic rings. The van der Waals surface area contributed by atoms with Crippen molar-refractivity contribution in [3.05, 3.63) is 34.8 Å². The van der Waals surface area contributed by atoms with Crippen molar-refractivity contribution in [2.24, 2.45) is 0 Å². The highest BCUT2D eigenvalue weighted by molar-refractivity contribution is 9.10. The van der Waals surface area contributed by atoms with E-state index in [1.54, 1.807) is 24.3 Å². The molecule has 1 aromatic carbocycles. The van der Waals surface area contributed by atoms with Crippen LogP contribution >= 0.6 is 15.9 Å². The smallest absolute Gasteiger partial charge is 0.422 e. The minimum absolute atomic E-state index is 0.369. The zero-order chi connectivity index (χ0) is 22.5. The molecule has 2 amide bonds. The van der Waals surface area contributed by atoms with Crippen LogP contribution in [0.4, 0.5) is 42.8 Å². The Morgan fingerprint density at radius 1 is 1.00 bits per heavy atom. The van der Waals surface area contributed by atoms with E-state index in [1.807, 2.05) is 0 Å². The maximum absolute atomic E-state index is 12.4. The molecular weight excluding hydrogens is 490 g/mol. The highest BCUT2D eigenvalue weighted by atomic mass is 79.9. The number of carbonyl (C=O) groups is 1. The quantitative estimate of drug-likeness (QED) is 0.574. The van der Waals surface area contributed by atoms with Crippen molar-refractivity contribution in [3.8, 4) is 11.8 Å². The molecule has 7 nitrogen and oxygen atoms in total. The molecule has 0 spiro atoms. The lowest BCUT2D eigenvalue weighted by Crippen LogP contribution is -2.33. The van der Waals surface area contributed by atoms with Gasteiger partial charge in [0, 0.05) is 17.2 Å². The minimum Gasteiger partial charge on any atom is -0.468 e. The zero-order valence-corrected chi connectivity index (χ0v) is 16.6. The molecule has 1 N–H and O–H groups in total.